The van der Waals surface area contributed by atoms with Gasteiger partial charge in [0.05, 0.1) is 21.3 Å². The van der Waals surface area contributed by atoms with Crippen LogP contribution in [0.15, 0.2) is 17.1 Å². The SMILES string of the molecule is CN=C(NC)NCc1cc(OC)c(OC)c(OC)c1. The molecule has 0 aliphatic carbocycles. The Morgan fingerprint density at radius 1 is 1.11 bits per heavy atom. The molecule has 6 heteroatoms. The lowest BCUT2D eigenvalue weighted by Crippen LogP contribution is -2.34. The smallest absolute Gasteiger partial charge is 0.203 e. The van der Waals surface area contributed by atoms with Crippen LogP contribution in [0.5, 0.6) is 17.2 Å². The molecule has 0 heterocycles. The number of benzene rings is 1. The van der Waals surface area contributed by atoms with Crippen molar-refractivity contribution in [2.75, 3.05) is 35.4 Å². The van der Waals surface area contributed by atoms with Crippen LogP contribution in [0, 0.1) is 0 Å². The lowest BCUT2D eigenvalue weighted by molar-refractivity contribution is 0.323. The van der Waals surface area contributed by atoms with Crippen molar-refractivity contribution in [3.8, 4) is 17.2 Å². The van der Waals surface area contributed by atoms with Gasteiger partial charge in [0.1, 0.15) is 0 Å². The van der Waals surface area contributed by atoms with Gasteiger partial charge in [-0.1, -0.05) is 0 Å². The third-order valence-corrected chi connectivity index (χ3v) is 2.64. The second-order valence-corrected chi connectivity index (χ2v) is 3.71. The van der Waals surface area contributed by atoms with Crippen molar-refractivity contribution in [1.29, 1.82) is 0 Å². The molecule has 19 heavy (non-hydrogen) atoms. The molecule has 0 saturated carbocycles. The van der Waals surface area contributed by atoms with E-state index in [1.807, 2.05) is 19.2 Å². The third-order valence-electron chi connectivity index (χ3n) is 2.64. The van der Waals surface area contributed by atoms with Gasteiger partial charge in [0.2, 0.25) is 5.75 Å². The van der Waals surface area contributed by atoms with Crippen LogP contribution in [0.4, 0.5) is 0 Å². The Labute approximate surface area is 113 Å². The molecule has 1 aromatic rings. The lowest BCUT2D eigenvalue weighted by atomic mass is 10.2. The molecule has 1 rings (SSSR count). The monoisotopic (exact) mass is 267 g/mol. The fourth-order valence-electron chi connectivity index (χ4n) is 1.70. The highest BCUT2D eigenvalue weighted by atomic mass is 16.5. The molecule has 106 valence electrons. The van der Waals surface area contributed by atoms with E-state index >= 15 is 0 Å². The van der Waals surface area contributed by atoms with Gasteiger partial charge < -0.3 is 24.8 Å². The first-order chi connectivity index (χ1) is 9.19. The van der Waals surface area contributed by atoms with Gasteiger partial charge in [0.15, 0.2) is 17.5 Å². The fourth-order valence-corrected chi connectivity index (χ4v) is 1.70. The van der Waals surface area contributed by atoms with Gasteiger partial charge in [-0.25, -0.2) is 0 Å². The molecule has 6 nitrogen and oxygen atoms in total. The van der Waals surface area contributed by atoms with E-state index in [9.17, 15) is 0 Å². The summed E-state index contributed by atoms with van der Waals surface area (Å²) in [4.78, 5) is 4.05. The van der Waals surface area contributed by atoms with E-state index < -0.39 is 0 Å². The third kappa shape index (κ3) is 3.67. The first-order valence-corrected chi connectivity index (χ1v) is 5.87. The van der Waals surface area contributed by atoms with Gasteiger partial charge in [-0.3, -0.25) is 4.99 Å². The van der Waals surface area contributed by atoms with Crippen LogP contribution < -0.4 is 24.8 Å². The largest absolute Gasteiger partial charge is 0.493 e. The van der Waals surface area contributed by atoms with Crippen LogP contribution in [0.3, 0.4) is 0 Å². The van der Waals surface area contributed by atoms with Crippen molar-refractivity contribution >= 4 is 5.96 Å². The van der Waals surface area contributed by atoms with Crippen molar-refractivity contribution in [2.24, 2.45) is 4.99 Å². The van der Waals surface area contributed by atoms with Crippen LogP contribution in [-0.2, 0) is 6.54 Å². The second kappa shape index (κ2) is 7.35. The molecule has 0 bridgehead atoms. The highest BCUT2D eigenvalue weighted by Gasteiger charge is 2.13. The number of ether oxygens (including phenoxy) is 3. The van der Waals surface area contributed by atoms with Gasteiger partial charge in [0, 0.05) is 20.6 Å². The minimum Gasteiger partial charge on any atom is -0.493 e. The fraction of sp³-hybridized carbons (Fsp3) is 0.462. The Morgan fingerprint density at radius 3 is 2.05 bits per heavy atom. The van der Waals surface area contributed by atoms with Gasteiger partial charge in [-0.2, -0.15) is 0 Å². The number of nitrogens with one attached hydrogen (secondary N) is 2. The zero-order chi connectivity index (χ0) is 14.3. The highest BCUT2D eigenvalue weighted by molar-refractivity contribution is 5.79. The maximum atomic E-state index is 5.30. The van der Waals surface area contributed by atoms with Crippen LogP contribution in [-0.4, -0.2) is 41.4 Å². The quantitative estimate of drug-likeness (QED) is 0.615. The molecule has 0 aliphatic rings. The summed E-state index contributed by atoms with van der Waals surface area (Å²) in [5, 5.41) is 6.12. The Kier molecular flexibility index (Phi) is 5.78. The lowest BCUT2D eigenvalue weighted by Gasteiger charge is -2.15. The Morgan fingerprint density at radius 2 is 1.68 bits per heavy atom. The van der Waals surface area contributed by atoms with Crippen LogP contribution in [0.2, 0.25) is 0 Å². The van der Waals surface area contributed by atoms with E-state index in [2.05, 4.69) is 15.6 Å². The highest BCUT2D eigenvalue weighted by Crippen LogP contribution is 2.38. The average molecular weight is 267 g/mol. The van der Waals surface area contributed by atoms with Crippen LogP contribution >= 0.6 is 0 Å². The van der Waals surface area contributed by atoms with Gasteiger partial charge in [0.25, 0.3) is 0 Å². The number of nitrogens with zero attached hydrogens (tertiary/aromatic N) is 1. The first-order valence-electron chi connectivity index (χ1n) is 5.87. The molecule has 0 aliphatic heterocycles. The predicted molar refractivity (Wildman–Crippen MR) is 75.4 cm³/mol. The number of hydrogen-bond donors (Lipinski definition) is 2. The molecule has 0 spiro atoms. The van der Waals surface area contributed by atoms with E-state index in [0.29, 0.717) is 29.8 Å². The molecule has 0 saturated heterocycles. The summed E-state index contributed by atoms with van der Waals surface area (Å²) in [6.45, 7) is 0.601. The summed E-state index contributed by atoms with van der Waals surface area (Å²) < 4.78 is 15.9. The minimum absolute atomic E-state index is 0.590. The molecule has 2 N–H and O–H groups in total. The molecule has 0 amide bonds. The second-order valence-electron chi connectivity index (χ2n) is 3.71. The molecule has 0 unspecified atom stereocenters. The van der Waals surface area contributed by atoms with E-state index in [-0.39, 0.29) is 0 Å². The average Bonchev–Trinajstić information content (AvgIpc) is 2.46. The van der Waals surface area contributed by atoms with Gasteiger partial charge in [-0.15, -0.1) is 0 Å². The van der Waals surface area contributed by atoms with Crippen molar-refractivity contribution < 1.29 is 14.2 Å². The topological polar surface area (TPSA) is 64.1 Å². The summed E-state index contributed by atoms with van der Waals surface area (Å²) in [6, 6.07) is 3.80. The number of methoxy groups -OCH3 is 3. The number of guanidine groups is 1. The molecule has 0 radical (unpaired) electrons. The molecule has 0 atom stereocenters. The number of aliphatic imine (C=N–C) groups is 1. The number of hydrogen-bond acceptors (Lipinski definition) is 4. The first kappa shape index (κ1) is 14.9. The zero-order valence-corrected chi connectivity index (χ0v) is 12.0. The Bertz CT molecular complexity index is 422. The van der Waals surface area contributed by atoms with Crippen molar-refractivity contribution in [1.82, 2.24) is 10.6 Å². The normalized spacial score (nSPS) is 10.9. The summed E-state index contributed by atoms with van der Waals surface area (Å²) in [5.74, 6) is 2.58. The van der Waals surface area contributed by atoms with E-state index in [4.69, 9.17) is 14.2 Å². The minimum atomic E-state index is 0.590. The van der Waals surface area contributed by atoms with Crippen molar-refractivity contribution in [3.05, 3.63) is 17.7 Å². The molecular weight excluding hydrogens is 246 g/mol. The Balaban J connectivity index is 2.96. The summed E-state index contributed by atoms with van der Waals surface area (Å²) in [6.07, 6.45) is 0. The maximum absolute atomic E-state index is 5.30. The maximum Gasteiger partial charge on any atom is 0.203 e. The van der Waals surface area contributed by atoms with Crippen molar-refractivity contribution in [3.63, 3.8) is 0 Å². The van der Waals surface area contributed by atoms with Gasteiger partial charge >= 0.3 is 0 Å². The molecule has 0 aromatic heterocycles. The summed E-state index contributed by atoms with van der Waals surface area (Å²) >= 11 is 0. The Hall–Kier alpha value is -2.11. The van der Waals surface area contributed by atoms with E-state index in [0.717, 1.165) is 5.56 Å². The molecule has 0 fully saturated rings. The molecular formula is C13H21N3O3. The predicted octanol–water partition coefficient (Wildman–Crippen LogP) is 1.01. The summed E-state index contributed by atoms with van der Waals surface area (Å²) in [5.41, 5.74) is 1.01. The van der Waals surface area contributed by atoms with E-state index in [1.54, 1.807) is 28.4 Å². The van der Waals surface area contributed by atoms with Gasteiger partial charge in [-0.05, 0) is 17.7 Å². The van der Waals surface area contributed by atoms with Crippen LogP contribution in [0.1, 0.15) is 5.56 Å². The zero-order valence-electron chi connectivity index (χ0n) is 12.0. The summed E-state index contributed by atoms with van der Waals surface area (Å²) in [7, 11) is 8.31. The number of rotatable bonds is 5. The standard InChI is InChI=1S/C13H21N3O3/c1-14-13(15-2)16-8-9-6-10(17-3)12(19-5)11(7-9)18-4/h6-7H,8H2,1-5H3,(H2,14,15,16). The van der Waals surface area contributed by atoms with Crippen molar-refractivity contribution in [2.45, 2.75) is 6.54 Å². The van der Waals surface area contributed by atoms with Crippen LogP contribution in [0.25, 0.3) is 0 Å². The molecule has 1 aromatic carbocycles. The van der Waals surface area contributed by atoms with E-state index in [1.165, 1.54) is 0 Å².